The van der Waals surface area contributed by atoms with Gasteiger partial charge in [-0.3, -0.25) is 0 Å². The fourth-order valence-electron chi connectivity index (χ4n) is 2.01. The molecule has 17 heavy (non-hydrogen) atoms. The molecule has 0 heterocycles. The van der Waals surface area contributed by atoms with E-state index in [1.807, 2.05) is 36.4 Å². The number of alkyl halides is 1. The molecule has 0 amide bonds. The third-order valence-electron chi connectivity index (χ3n) is 2.91. The number of rotatable bonds is 2. The molecule has 1 unspecified atom stereocenters. The van der Waals surface area contributed by atoms with Crippen LogP contribution in [0.3, 0.4) is 0 Å². The zero-order chi connectivity index (χ0) is 12.5. The van der Waals surface area contributed by atoms with Crippen molar-refractivity contribution in [1.29, 1.82) is 0 Å². The standard InChI is InChI=1S/C14H13ClO2/c1-14(15)9-11(7-8-12(14)13(16)17)10-5-3-2-4-6-10/h2-8H,9H2,1H3,(H,16,17). The van der Waals surface area contributed by atoms with Gasteiger partial charge in [-0.1, -0.05) is 36.4 Å². The van der Waals surface area contributed by atoms with Crippen LogP contribution in [-0.2, 0) is 4.79 Å². The molecule has 3 heteroatoms. The molecule has 1 aliphatic carbocycles. The second kappa shape index (κ2) is 4.38. The number of aliphatic carboxylic acids is 1. The molecule has 1 atom stereocenters. The van der Waals surface area contributed by atoms with Gasteiger partial charge < -0.3 is 5.11 Å². The zero-order valence-corrected chi connectivity index (χ0v) is 10.2. The number of benzene rings is 1. The Morgan fingerprint density at radius 1 is 1.29 bits per heavy atom. The van der Waals surface area contributed by atoms with Gasteiger partial charge in [-0.15, -0.1) is 11.6 Å². The minimum atomic E-state index is -0.953. The summed E-state index contributed by atoms with van der Waals surface area (Å²) in [5.41, 5.74) is 2.40. The van der Waals surface area contributed by atoms with Gasteiger partial charge in [-0.05, 0) is 30.6 Å². The molecule has 2 nitrogen and oxygen atoms in total. The summed E-state index contributed by atoms with van der Waals surface area (Å²) < 4.78 is 0. The first kappa shape index (κ1) is 11.9. The van der Waals surface area contributed by atoms with Crippen LogP contribution in [0.2, 0.25) is 0 Å². The molecule has 1 aromatic rings. The van der Waals surface area contributed by atoms with Crippen molar-refractivity contribution in [3.05, 3.63) is 53.6 Å². The van der Waals surface area contributed by atoms with Crippen LogP contribution in [0.1, 0.15) is 18.9 Å². The van der Waals surface area contributed by atoms with E-state index >= 15 is 0 Å². The van der Waals surface area contributed by atoms with E-state index in [1.54, 1.807) is 13.0 Å². The van der Waals surface area contributed by atoms with Crippen molar-refractivity contribution in [1.82, 2.24) is 0 Å². The molecule has 2 rings (SSSR count). The van der Waals surface area contributed by atoms with E-state index in [2.05, 4.69) is 0 Å². The Kier molecular flexibility index (Phi) is 3.07. The Morgan fingerprint density at radius 2 is 1.94 bits per heavy atom. The zero-order valence-electron chi connectivity index (χ0n) is 9.48. The maximum Gasteiger partial charge on any atom is 0.333 e. The molecule has 1 aromatic carbocycles. The summed E-state index contributed by atoms with van der Waals surface area (Å²) in [5, 5.41) is 9.05. The molecule has 1 aliphatic rings. The Bertz CT molecular complexity index is 498. The lowest BCUT2D eigenvalue weighted by Gasteiger charge is -2.27. The summed E-state index contributed by atoms with van der Waals surface area (Å²) in [6.07, 6.45) is 3.96. The smallest absolute Gasteiger partial charge is 0.333 e. The van der Waals surface area contributed by atoms with Gasteiger partial charge in [-0.2, -0.15) is 0 Å². The van der Waals surface area contributed by atoms with Gasteiger partial charge in [0.2, 0.25) is 0 Å². The van der Waals surface area contributed by atoms with Crippen LogP contribution < -0.4 is 0 Å². The third kappa shape index (κ3) is 2.42. The minimum absolute atomic E-state index is 0.249. The highest BCUT2D eigenvalue weighted by atomic mass is 35.5. The lowest BCUT2D eigenvalue weighted by atomic mass is 9.85. The van der Waals surface area contributed by atoms with Crippen molar-refractivity contribution in [2.24, 2.45) is 0 Å². The molecule has 0 saturated carbocycles. The Labute approximate surface area is 105 Å². The predicted octanol–water partition coefficient (Wildman–Crippen LogP) is 3.48. The molecule has 0 bridgehead atoms. The summed E-state index contributed by atoms with van der Waals surface area (Å²) in [6.45, 7) is 1.74. The van der Waals surface area contributed by atoms with Crippen LogP contribution >= 0.6 is 11.6 Å². The molecule has 0 fully saturated rings. The maximum absolute atomic E-state index is 11.0. The second-order valence-corrected chi connectivity index (χ2v) is 5.15. The number of hydrogen-bond acceptors (Lipinski definition) is 1. The second-order valence-electron chi connectivity index (χ2n) is 4.32. The highest BCUT2D eigenvalue weighted by Gasteiger charge is 2.34. The van der Waals surface area contributed by atoms with Gasteiger partial charge in [0, 0.05) is 0 Å². The SMILES string of the molecule is CC1(Cl)CC(c2ccccc2)=CC=C1C(=O)O. The maximum atomic E-state index is 11.0. The Morgan fingerprint density at radius 3 is 2.47 bits per heavy atom. The van der Waals surface area contributed by atoms with E-state index in [9.17, 15) is 4.79 Å². The summed E-state index contributed by atoms with van der Waals surface area (Å²) >= 11 is 6.29. The van der Waals surface area contributed by atoms with E-state index in [1.165, 1.54) is 0 Å². The van der Waals surface area contributed by atoms with Gasteiger partial charge in [0.1, 0.15) is 0 Å². The summed E-state index contributed by atoms with van der Waals surface area (Å²) in [4.78, 5) is 10.2. The third-order valence-corrected chi connectivity index (χ3v) is 3.25. The fraction of sp³-hybridized carbons (Fsp3) is 0.214. The molecular formula is C14H13ClO2. The Hall–Kier alpha value is -1.54. The van der Waals surface area contributed by atoms with Crippen molar-refractivity contribution in [2.75, 3.05) is 0 Å². The van der Waals surface area contributed by atoms with Crippen LogP contribution in [-0.4, -0.2) is 16.0 Å². The first-order chi connectivity index (χ1) is 8.00. The summed E-state index contributed by atoms with van der Waals surface area (Å²) in [6, 6.07) is 9.86. The predicted molar refractivity (Wildman–Crippen MR) is 69.0 cm³/mol. The van der Waals surface area contributed by atoms with E-state index in [4.69, 9.17) is 16.7 Å². The Balaban J connectivity index is 2.39. The first-order valence-corrected chi connectivity index (χ1v) is 5.77. The highest BCUT2D eigenvalue weighted by molar-refractivity contribution is 6.29. The van der Waals surface area contributed by atoms with Crippen molar-refractivity contribution in [2.45, 2.75) is 18.2 Å². The fourth-order valence-corrected chi connectivity index (χ4v) is 2.30. The van der Waals surface area contributed by atoms with Crippen molar-refractivity contribution >= 4 is 23.1 Å². The van der Waals surface area contributed by atoms with Crippen LogP contribution in [0.15, 0.2) is 48.1 Å². The summed E-state index contributed by atoms with van der Waals surface area (Å²) in [7, 11) is 0. The minimum Gasteiger partial charge on any atom is -0.478 e. The van der Waals surface area contributed by atoms with Crippen LogP contribution in [0.5, 0.6) is 0 Å². The molecule has 0 saturated heterocycles. The van der Waals surface area contributed by atoms with Gasteiger partial charge in [-0.25, -0.2) is 4.79 Å². The first-order valence-electron chi connectivity index (χ1n) is 5.40. The lowest BCUT2D eigenvalue weighted by Crippen LogP contribution is -2.27. The van der Waals surface area contributed by atoms with E-state index in [-0.39, 0.29) is 5.57 Å². The van der Waals surface area contributed by atoms with Crippen LogP contribution in [0.25, 0.3) is 5.57 Å². The molecular weight excluding hydrogens is 236 g/mol. The van der Waals surface area contributed by atoms with E-state index < -0.39 is 10.8 Å². The molecule has 0 spiro atoms. The number of carbonyl (C=O) groups is 1. The average molecular weight is 249 g/mol. The number of halogens is 1. The van der Waals surface area contributed by atoms with Crippen molar-refractivity contribution in [3.63, 3.8) is 0 Å². The topological polar surface area (TPSA) is 37.3 Å². The number of carboxylic acids is 1. The number of hydrogen-bond donors (Lipinski definition) is 1. The molecule has 0 aromatic heterocycles. The highest BCUT2D eigenvalue weighted by Crippen LogP contribution is 2.38. The molecule has 1 N–H and O–H groups in total. The average Bonchev–Trinajstić information content (AvgIpc) is 2.28. The summed E-state index contributed by atoms with van der Waals surface area (Å²) in [5.74, 6) is -0.953. The van der Waals surface area contributed by atoms with Gasteiger partial charge in [0.05, 0.1) is 10.4 Å². The van der Waals surface area contributed by atoms with Crippen molar-refractivity contribution in [3.8, 4) is 0 Å². The number of allylic oxidation sites excluding steroid dienone is 3. The van der Waals surface area contributed by atoms with E-state index in [0.29, 0.717) is 6.42 Å². The van der Waals surface area contributed by atoms with Crippen LogP contribution in [0, 0.1) is 0 Å². The van der Waals surface area contributed by atoms with Crippen LogP contribution in [0.4, 0.5) is 0 Å². The van der Waals surface area contributed by atoms with Gasteiger partial charge >= 0.3 is 5.97 Å². The lowest BCUT2D eigenvalue weighted by molar-refractivity contribution is -0.133. The van der Waals surface area contributed by atoms with Gasteiger partial charge in [0.15, 0.2) is 0 Å². The normalized spacial score (nSPS) is 23.9. The monoisotopic (exact) mass is 248 g/mol. The van der Waals surface area contributed by atoms with Gasteiger partial charge in [0.25, 0.3) is 0 Å². The molecule has 88 valence electrons. The quantitative estimate of drug-likeness (QED) is 0.814. The number of carboxylic acid groups (broad SMARTS) is 1. The molecule has 0 radical (unpaired) electrons. The van der Waals surface area contributed by atoms with E-state index in [0.717, 1.165) is 11.1 Å². The largest absolute Gasteiger partial charge is 0.478 e. The molecule has 0 aliphatic heterocycles. The van der Waals surface area contributed by atoms with Crippen molar-refractivity contribution < 1.29 is 9.90 Å².